The van der Waals surface area contributed by atoms with E-state index in [-0.39, 0.29) is 0 Å². The molecule has 2 heterocycles. The van der Waals surface area contributed by atoms with E-state index < -0.39 is 0 Å². The zero-order chi connectivity index (χ0) is 17.6. The van der Waals surface area contributed by atoms with Crippen molar-refractivity contribution in [2.24, 2.45) is 0 Å². The average Bonchev–Trinajstić information content (AvgIpc) is 3.10. The Labute approximate surface area is 151 Å². The van der Waals surface area contributed by atoms with Gasteiger partial charge in [-0.05, 0) is 54.5 Å². The number of oxazole rings is 1. The number of allylic oxidation sites excluding steroid dienone is 2. The third-order valence-corrected chi connectivity index (χ3v) is 3.93. The van der Waals surface area contributed by atoms with Crippen LogP contribution in [-0.2, 0) is 0 Å². The Morgan fingerprint density at radius 3 is 2.92 bits per heavy atom. The maximum absolute atomic E-state index is 5.84. The van der Waals surface area contributed by atoms with E-state index in [2.05, 4.69) is 21.9 Å². The van der Waals surface area contributed by atoms with E-state index in [1.54, 1.807) is 24.2 Å². The first-order valence-corrected chi connectivity index (χ1v) is 9.09. The highest BCUT2D eigenvalue weighted by atomic mass is 32.2. The van der Waals surface area contributed by atoms with E-state index in [1.165, 1.54) is 0 Å². The van der Waals surface area contributed by atoms with E-state index in [1.807, 2.05) is 61.1 Å². The van der Waals surface area contributed by atoms with Crippen LogP contribution in [-0.4, -0.2) is 16.2 Å². The summed E-state index contributed by atoms with van der Waals surface area (Å²) in [4.78, 5) is 8.64. The molecule has 0 spiro atoms. The van der Waals surface area contributed by atoms with Gasteiger partial charge in [0.15, 0.2) is 5.76 Å². The SMILES string of the molecule is C=C(C=CSC)c1ncc(-c2cccc(Nc3cc(C)ccn3)c2)o1. The fraction of sp³-hybridized carbons (Fsp3) is 0.100. The van der Waals surface area contributed by atoms with E-state index in [0.29, 0.717) is 11.7 Å². The smallest absolute Gasteiger partial charge is 0.226 e. The molecule has 3 rings (SSSR count). The third kappa shape index (κ3) is 4.39. The number of anilines is 2. The van der Waals surface area contributed by atoms with Crippen molar-refractivity contribution in [2.75, 3.05) is 11.6 Å². The average molecular weight is 349 g/mol. The summed E-state index contributed by atoms with van der Waals surface area (Å²) in [5.74, 6) is 2.04. The lowest BCUT2D eigenvalue weighted by molar-refractivity contribution is 0.557. The molecule has 0 radical (unpaired) electrons. The molecule has 1 aromatic carbocycles. The summed E-state index contributed by atoms with van der Waals surface area (Å²) in [7, 11) is 0. The molecule has 0 aliphatic heterocycles. The second-order valence-electron chi connectivity index (χ2n) is 5.52. The Hall–Kier alpha value is -2.79. The van der Waals surface area contributed by atoms with Gasteiger partial charge in [0.2, 0.25) is 5.89 Å². The molecule has 0 aliphatic carbocycles. The first kappa shape index (κ1) is 17.0. The van der Waals surface area contributed by atoms with Gasteiger partial charge in [-0.3, -0.25) is 0 Å². The molecule has 4 nitrogen and oxygen atoms in total. The van der Waals surface area contributed by atoms with Crippen molar-refractivity contribution in [1.29, 1.82) is 0 Å². The van der Waals surface area contributed by atoms with Crippen LogP contribution in [0.15, 0.2) is 71.3 Å². The van der Waals surface area contributed by atoms with E-state index in [4.69, 9.17) is 4.42 Å². The second kappa shape index (κ2) is 7.85. The van der Waals surface area contributed by atoms with Crippen LogP contribution in [0.25, 0.3) is 16.9 Å². The van der Waals surface area contributed by atoms with Gasteiger partial charge in [0.05, 0.1) is 6.20 Å². The van der Waals surface area contributed by atoms with Crippen LogP contribution in [0.1, 0.15) is 11.5 Å². The van der Waals surface area contributed by atoms with Crippen LogP contribution in [0.3, 0.4) is 0 Å². The third-order valence-electron chi connectivity index (χ3n) is 3.52. The largest absolute Gasteiger partial charge is 0.436 e. The Morgan fingerprint density at radius 1 is 1.24 bits per heavy atom. The summed E-state index contributed by atoms with van der Waals surface area (Å²) >= 11 is 1.61. The van der Waals surface area contributed by atoms with Gasteiger partial charge in [0, 0.05) is 23.0 Å². The number of hydrogen-bond donors (Lipinski definition) is 1. The molecule has 0 saturated carbocycles. The highest BCUT2D eigenvalue weighted by Crippen LogP contribution is 2.27. The normalized spacial score (nSPS) is 11.0. The maximum atomic E-state index is 5.84. The number of nitrogens with one attached hydrogen (secondary N) is 1. The number of benzene rings is 1. The molecule has 0 aliphatic rings. The molecule has 1 N–H and O–H groups in total. The van der Waals surface area contributed by atoms with Crippen molar-refractivity contribution in [2.45, 2.75) is 6.92 Å². The van der Waals surface area contributed by atoms with Crippen molar-refractivity contribution in [3.8, 4) is 11.3 Å². The lowest BCUT2D eigenvalue weighted by Crippen LogP contribution is -1.93. The van der Waals surface area contributed by atoms with E-state index in [0.717, 1.165) is 28.2 Å². The summed E-state index contributed by atoms with van der Waals surface area (Å²) in [5, 5.41) is 5.26. The minimum Gasteiger partial charge on any atom is -0.436 e. The highest BCUT2D eigenvalue weighted by Gasteiger charge is 2.08. The predicted molar refractivity (Wildman–Crippen MR) is 106 cm³/mol. The van der Waals surface area contributed by atoms with Crippen LogP contribution < -0.4 is 5.32 Å². The molecule has 25 heavy (non-hydrogen) atoms. The van der Waals surface area contributed by atoms with Gasteiger partial charge in [-0.1, -0.05) is 18.7 Å². The Kier molecular flexibility index (Phi) is 5.36. The zero-order valence-corrected chi connectivity index (χ0v) is 15.0. The second-order valence-corrected chi connectivity index (χ2v) is 6.26. The molecular formula is C20H19N3OS. The lowest BCUT2D eigenvalue weighted by Gasteiger charge is -2.07. The minimum absolute atomic E-state index is 0.527. The van der Waals surface area contributed by atoms with E-state index >= 15 is 0 Å². The summed E-state index contributed by atoms with van der Waals surface area (Å²) in [6.45, 7) is 6.01. The number of aryl methyl sites for hydroxylation is 1. The first-order chi connectivity index (χ1) is 12.2. The van der Waals surface area contributed by atoms with Crippen LogP contribution in [0.5, 0.6) is 0 Å². The Balaban J connectivity index is 1.81. The molecule has 0 atom stereocenters. The standard InChI is InChI=1S/C20H19N3OS/c1-14-7-9-21-19(11-14)23-17-6-4-5-16(12-17)18-13-22-20(24-18)15(2)8-10-25-3/h4-13H,2H2,1,3H3,(H,21,23). The van der Waals surface area contributed by atoms with Gasteiger partial charge in [-0.25, -0.2) is 9.97 Å². The van der Waals surface area contributed by atoms with Crippen molar-refractivity contribution in [3.63, 3.8) is 0 Å². The fourth-order valence-electron chi connectivity index (χ4n) is 2.28. The number of rotatable bonds is 6. The molecule has 2 aromatic heterocycles. The van der Waals surface area contributed by atoms with Crippen molar-refractivity contribution < 1.29 is 4.42 Å². The van der Waals surface area contributed by atoms with Gasteiger partial charge >= 0.3 is 0 Å². The molecule has 0 saturated heterocycles. The summed E-state index contributed by atoms with van der Waals surface area (Å²) in [5.41, 5.74) is 3.79. The molecule has 3 aromatic rings. The van der Waals surface area contributed by atoms with E-state index in [9.17, 15) is 0 Å². The van der Waals surface area contributed by atoms with Gasteiger partial charge in [0.1, 0.15) is 5.82 Å². The van der Waals surface area contributed by atoms with Crippen LogP contribution in [0, 0.1) is 6.92 Å². The molecule has 5 heteroatoms. The fourth-order valence-corrected chi connectivity index (χ4v) is 2.58. The molecule has 0 unspecified atom stereocenters. The lowest BCUT2D eigenvalue weighted by atomic mass is 10.1. The van der Waals surface area contributed by atoms with Gasteiger partial charge in [0.25, 0.3) is 0 Å². The van der Waals surface area contributed by atoms with Gasteiger partial charge in [-0.15, -0.1) is 11.8 Å². The number of hydrogen-bond acceptors (Lipinski definition) is 5. The van der Waals surface area contributed by atoms with Gasteiger partial charge < -0.3 is 9.73 Å². The topological polar surface area (TPSA) is 51.0 Å². The zero-order valence-electron chi connectivity index (χ0n) is 14.2. The predicted octanol–water partition coefficient (Wildman–Crippen LogP) is 5.68. The Morgan fingerprint density at radius 2 is 2.12 bits per heavy atom. The van der Waals surface area contributed by atoms with Gasteiger partial charge in [-0.2, -0.15) is 0 Å². The number of aromatic nitrogens is 2. The molecule has 0 bridgehead atoms. The summed E-state index contributed by atoms with van der Waals surface area (Å²) in [6, 6.07) is 11.9. The number of pyridine rings is 1. The molecule has 0 amide bonds. The maximum Gasteiger partial charge on any atom is 0.226 e. The number of nitrogens with zero attached hydrogens (tertiary/aromatic N) is 2. The molecule has 126 valence electrons. The summed E-state index contributed by atoms with van der Waals surface area (Å²) in [6.07, 6.45) is 7.39. The van der Waals surface area contributed by atoms with Crippen LogP contribution in [0.2, 0.25) is 0 Å². The molecule has 0 fully saturated rings. The Bertz CT molecular complexity index is 915. The number of thioether (sulfide) groups is 1. The van der Waals surface area contributed by atoms with Crippen molar-refractivity contribution >= 4 is 28.8 Å². The van der Waals surface area contributed by atoms with Crippen molar-refractivity contribution in [1.82, 2.24) is 9.97 Å². The minimum atomic E-state index is 0.527. The monoisotopic (exact) mass is 349 g/mol. The highest BCUT2D eigenvalue weighted by molar-refractivity contribution is 8.01. The van der Waals surface area contributed by atoms with Crippen LogP contribution >= 0.6 is 11.8 Å². The first-order valence-electron chi connectivity index (χ1n) is 7.80. The van der Waals surface area contributed by atoms with Crippen molar-refractivity contribution in [3.05, 3.63) is 78.3 Å². The molecular weight excluding hydrogens is 330 g/mol. The quantitative estimate of drug-likeness (QED) is 0.580. The summed E-state index contributed by atoms with van der Waals surface area (Å²) < 4.78 is 5.84. The van der Waals surface area contributed by atoms with Crippen LogP contribution in [0.4, 0.5) is 11.5 Å².